The largest absolute Gasteiger partial charge is 0.463 e. The van der Waals surface area contributed by atoms with Crippen LogP contribution in [0.1, 0.15) is 96.8 Å². The average molecular weight is 493 g/mol. The van der Waals surface area contributed by atoms with Gasteiger partial charge in [-0.3, -0.25) is 4.79 Å². The lowest BCUT2D eigenvalue weighted by atomic mass is 9.99. The molecule has 6 atom stereocenters. The standard InChI is InChI=1S/C25H48O9/c1-2-3-4-5-6-7-8-9-10-11-12-13-14-15-21(28)32-17-19(27)18-33-25-24(31)23(30)22(29)20(16-26)34-25/h19-20,22-27,29-31H,2-18H2,1H3/t19-,20?,22?,23?,24?,25?/m0/s1. The maximum absolute atomic E-state index is 11.8. The van der Waals surface area contributed by atoms with E-state index < -0.39 is 43.4 Å². The number of ether oxygens (including phenoxy) is 3. The van der Waals surface area contributed by atoms with E-state index in [0.29, 0.717) is 6.42 Å². The lowest BCUT2D eigenvalue weighted by molar-refractivity contribution is -0.305. The molecule has 5 N–H and O–H groups in total. The van der Waals surface area contributed by atoms with Crippen molar-refractivity contribution in [2.75, 3.05) is 19.8 Å². The van der Waals surface area contributed by atoms with Crippen LogP contribution in [-0.4, -0.2) is 88.1 Å². The molecule has 0 aromatic carbocycles. The number of aliphatic hydroxyl groups excluding tert-OH is 5. The lowest BCUT2D eigenvalue weighted by Crippen LogP contribution is -2.59. The van der Waals surface area contributed by atoms with Gasteiger partial charge in [0.25, 0.3) is 0 Å². The number of carbonyl (C=O) groups excluding carboxylic acids is 1. The summed E-state index contributed by atoms with van der Waals surface area (Å²) in [6.07, 6.45) is 8.18. The monoisotopic (exact) mass is 492 g/mol. The lowest BCUT2D eigenvalue weighted by Gasteiger charge is -2.39. The maximum Gasteiger partial charge on any atom is 0.305 e. The minimum atomic E-state index is -1.55. The minimum absolute atomic E-state index is 0.255. The number of unbranched alkanes of at least 4 members (excludes halogenated alkanes) is 12. The first-order valence-electron chi connectivity index (χ1n) is 13.2. The van der Waals surface area contributed by atoms with Crippen molar-refractivity contribution in [2.24, 2.45) is 0 Å². The van der Waals surface area contributed by atoms with Crippen molar-refractivity contribution >= 4 is 5.97 Å². The van der Waals surface area contributed by atoms with Crippen LogP contribution in [0.15, 0.2) is 0 Å². The van der Waals surface area contributed by atoms with Crippen molar-refractivity contribution in [3.05, 3.63) is 0 Å². The average Bonchev–Trinajstić information content (AvgIpc) is 2.83. The molecular formula is C25H48O9. The van der Waals surface area contributed by atoms with Crippen molar-refractivity contribution in [3.8, 4) is 0 Å². The first kappa shape index (κ1) is 31.2. The number of carbonyl (C=O) groups is 1. The molecule has 1 heterocycles. The van der Waals surface area contributed by atoms with Crippen LogP contribution in [0, 0.1) is 0 Å². The fourth-order valence-corrected chi connectivity index (χ4v) is 4.01. The van der Waals surface area contributed by atoms with E-state index in [0.717, 1.165) is 19.3 Å². The summed E-state index contributed by atoms with van der Waals surface area (Å²) < 4.78 is 15.5. The zero-order valence-electron chi connectivity index (χ0n) is 20.9. The van der Waals surface area contributed by atoms with Crippen LogP contribution in [0.5, 0.6) is 0 Å². The third kappa shape index (κ3) is 13.3. The van der Waals surface area contributed by atoms with Crippen LogP contribution >= 0.6 is 0 Å². The summed E-state index contributed by atoms with van der Waals surface area (Å²) in [7, 11) is 0. The first-order valence-corrected chi connectivity index (χ1v) is 13.2. The fourth-order valence-electron chi connectivity index (χ4n) is 4.01. The number of esters is 1. The molecule has 0 saturated carbocycles. The molecule has 0 amide bonds. The molecule has 1 fully saturated rings. The predicted octanol–water partition coefficient (Wildman–Crippen LogP) is 2.19. The Hall–Kier alpha value is -0.810. The normalized spacial score (nSPS) is 25.9. The van der Waals surface area contributed by atoms with Gasteiger partial charge in [0.05, 0.1) is 13.2 Å². The van der Waals surface area contributed by atoms with Gasteiger partial charge in [-0.15, -0.1) is 0 Å². The van der Waals surface area contributed by atoms with Crippen LogP contribution in [0.2, 0.25) is 0 Å². The second-order valence-electron chi connectivity index (χ2n) is 9.36. The maximum atomic E-state index is 11.8. The fraction of sp³-hybridized carbons (Fsp3) is 0.960. The van der Waals surface area contributed by atoms with Gasteiger partial charge >= 0.3 is 5.97 Å². The molecule has 0 spiro atoms. The van der Waals surface area contributed by atoms with Crippen LogP contribution in [0.25, 0.3) is 0 Å². The highest BCUT2D eigenvalue weighted by atomic mass is 16.7. The molecule has 202 valence electrons. The van der Waals surface area contributed by atoms with E-state index in [1.165, 1.54) is 64.2 Å². The van der Waals surface area contributed by atoms with E-state index in [2.05, 4.69) is 6.92 Å². The minimum Gasteiger partial charge on any atom is -0.463 e. The molecule has 0 aliphatic carbocycles. The van der Waals surface area contributed by atoms with Gasteiger partial charge in [0.15, 0.2) is 6.29 Å². The van der Waals surface area contributed by atoms with E-state index in [9.17, 15) is 25.2 Å². The zero-order valence-corrected chi connectivity index (χ0v) is 20.9. The van der Waals surface area contributed by atoms with Gasteiger partial charge in [0, 0.05) is 6.42 Å². The Labute approximate surface area is 204 Å². The molecule has 9 heteroatoms. The molecule has 34 heavy (non-hydrogen) atoms. The quantitative estimate of drug-likeness (QED) is 0.127. The number of rotatable bonds is 20. The predicted molar refractivity (Wildman–Crippen MR) is 127 cm³/mol. The summed E-state index contributed by atoms with van der Waals surface area (Å²) in [5, 5.41) is 48.4. The summed E-state index contributed by atoms with van der Waals surface area (Å²) in [5.74, 6) is -0.380. The van der Waals surface area contributed by atoms with Crippen molar-refractivity contribution < 1.29 is 44.5 Å². The topological polar surface area (TPSA) is 146 Å². The Morgan fingerprint density at radius 2 is 1.32 bits per heavy atom. The summed E-state index contributed by atoms with van der Waals surface area (Å²) in [6.45, 7) is 1.11. The molecule has 0 aromatic rings. The molecule has 0 aromatic heterocycles. The van der Waals surface area contributed by atoms with Gasteiger partial charge in [0.2, 0.25) is 0 Å². The second-order valence-corrected chi connectivity index (χ2v) is 9.36. The van der Waals surface area contributed by atoms with Crippen molar-refractivity contribution in [1.82, 2.24) is 0 Å². The Morgan fingerprint density at radius 1 is 0.794 bits per heavy atom. The molecule has 0 bridgehead atoms. The van der Waals surface area contributed by atoms with E-state index in [1.807, 2.05) is 0 Å². The molecular weight excluding hydrogens is 444 g/mol. The third-order valence-corrected chi connectivity index (χ3v) is 6.22. The van der Waals surface area contributed by atoms with Gasteiger partial charge in [-0.05, 0) is 6.42 Å². The van der Waals surface area contributed by atoms with Crippen molar-refractivity contribution in [1.29, 1.82) is 0 Å². The zero-order chi connectivity index (χ0) is 25.2. The smallest absolute Gasteiger partial charge is 0.305 e. The third-order valence-electron chi connectivity index (χ3n) is 6.22. The highest BCUT2D eigenvalue weighted by molar-refractivity contribution is 5.69. The van der Waals surface area contributed by atoms with Crippen molar-refractivity contribution in [3.63, 3.8) is 0 Å². The summed E-state index contributed by atoms with van der Waals surface area (Å²) in [4.78, 5) is 11.8. The van der Waals surface area contributed by atoms with Gasteiger partial charge in [-0.1, -0.05) is 84.0 Å². The molecule has 0 radical (unpaired) electrons. The Balaban J connectivity index is 1.99. The summed E-state index contributed by atoms with van der Waals surface area (Å²) >= 11 is 0. The second kappa shape index (κ2) is 19.4. The van der Waals surface area contributed by atoms with Gasteiger partial charge in [-0.2, -0.15) is 0 Å². The molecule has 1 aliphatic rings. The van der Waals surface area contributed by atoms with E-state index in [-0.39, 0.29) is 19.2 Å². The molecule has 1 aliphatic heterocycles. The van der Waals surface area contributed by atoms with Crippen LogP contribution in [0.3, 0.4) is 0 Å². The molecule has 5 unspecified atom stereocenters. The van der Waals surface area contributed by atoms with Crippen molar-refractivity contribution in [2.45, 2.75) is 134 Å². The molecule has 1 saturated heterocycles. The summed E-state index contributed by atoms with van der Waals surface area (Å²) in [5.41, 5.74) is 0. The Kier molecular flexibility index (Phi) is 17.8. The van der Waals surface area contributed by atoms with E-state index in [1.54, 1.807) is 0 Å². The summed E-state index contributed by atoms with van der Waals surface area (Å²) in [6, 6.07) is 0. The van der Waals surface area contributed by atoms with E-state index in [4.69, 9.17) is 19.3 Å². The highest BCUT2D eigenvalue weighted by Gasteiger charge is 2.44. The SMILES string of the molecule is CCCCCCCCCCCCCCCC(=O)OC[C@H](O)COC1OC(CO)C(O)C(O)C1O. The number of hydrogen-bond donors (Lipinski definition) is 5. The molecule has 9 nitrogen and oxygen atoms in total. The van der Waals surface area contributed by atoms with Gasteiger partial charge < -0.3 is 39.7 Å². The number of aliphatic hydroxyl groups is 5. The Bertz CT molecular complexity index is 503. The van der Waals surface area contributed by atoms with Crippen LogP contribution in [-0.2, 0) is 19.0 Å². The van der Waals surface area contributed by atoms with Gasteiger partial charge in [-0.25, -0.2) is 0 Å². The highest BCUT2D eigenvalue weighted by Crippen LogP contribution is 2.22. The van der Waals surface area contributed by atoms with Gasteiger partial charge in [0.1, 0.15) is 37.1 Å². The van der Waals surface area contributed by atoms with Crippen LogP contribution in [0.4, 0.5) is 0 Å². The van der Waals surface area contributed by atoms with Crippen LogP contribution < -0.4 is 0 Å². The first-order chi connectivity index (χ1) is 16.4. The van der Waals surface area contributed by atoms with E-state index >= 15 is 0 Å². The number of hydrogen-bond acceptors (Lipinski definition) is 9. The molecule has 1 rings (SSSR count). The Morgan fingerprint density at radius 3 is 1.85 bits per heavy atom.